The first kappa shape index (κ1) is 66.2. The van der Waals surface area contributed by atoms with Gasteiger partial charge in [0.15, 0.2) is 0 Å². The SMILES string of the molecule is COc1cccc(/C=C/c2cc(/C=C/c3cccc(OC)c3)cc(/C=C/c3cc4c(s3)c3cc(/C=C/c5cc(/C=C/c6cccc(OC)c6)cc(/C=C/c6cccc(OC)c6)c5)sc3c3cc(/C=C/c5cc(/C=C/c6cccc(OC)c6)cc(/C=C/c6cccc(OC)c6)c5)sc43)c2)c1. The van der Waals surface area contributed by atoms with E-state index < -0.39 is 0 Å². The number of hydrogen-bond acceptors (Lipinski definition) is 9. The van der Waals surface area contributed by atoms with Crippen LogP contribution in [0.4, 0.5) is 0 Å². The van der Waals surface area contributed by atoms with Gasteiger partial charge in [-0.3, -0.25) is 0 Å². The Labute approximate surface area is 591 Å². The smallest absolute Gasteiger partial charge is 0.119 e. The lowest BCUT2D eigenvalue weighted by molar-refractivity contribution is 0.414. The fourth-order valence-corrected chi connectivity index (χ4v) is 15.2. The second kappa shape index (κ2) is 31.6. The van der Waals surface area contributed by atoms with Crippen molar-refractivity contribution in [2.75, 3.05) is 42.7 Å². The van der Waals surface area contributed by atoms with Crippen LogP contribution in [-0.2, 0) is 0 Å². The van der Waals surface area contributed by atoms with Crippen molar-refractivity contribution in [2.45, 2.75) is 0 Å². The number of benzene rings is 10. The summed E-state index contributed by atoms with van der Waals surface area (Å²) in [6, 6.07) is 76.0. The average molecular weight is 1350 g/mol. The van der Waals surface area contributed by atoms with Crippen LogP contribution in [0.1, 0.15) is 98.1 Å². The van der Waals surface area contributed by atoms with Crippen LogP contribution in [0.2, 0.25) is 0 Å². The van der Waals surface area contributed by atoms with Gasteiger partial charge in [0.25, 0.3) is 0 Å². The van der Waals surface area contributed by atoms with E-state index in [0.717, 1.165) is 118 Å². The highest BCUT2D eigenvalue weighted by Gasteiger charge is 2.17. The van der Waals surface area contributed by atoms with Crippen molar-refractivity contribution in [3.63, 3.8) is 0 Å². The molecule has 0 unspecified atom stereocenters. The summed E-state index contributed by atoms with van der Waals surface area (Å²) in [6.45, 7) is 0. The number of hydrogen-bond donors (Lipinski definition) is 0. The molecular formula is C90H72O6S3. The Morgan fingerprint density at radius 3 is 0.515 bits per heavy atom. The zero-order chi connectivity index (χ0) is 67.9. The lowest BCUT2D eigenvalue weighted by atomic mass is 10.0. The van der Waals surface area contributed by atoms with E-state index in [2.05, 4.69) is 219 Å². The molecule has 99 heavy (non-hydrogen) atoms. The molecule has 6 nitrogen and oxygen atoms in total. The van der Waals surface area contributed by atoms with Gasteiger partial charge in [0.05, 0.1) is 42.7 Å². The van der Waals surface area contributed by atoms with Gasteiger partial charge in [-0.1, -0.05) is 164 Å². The second-order valence-corrected chi connectivity index (χ2v) is 26.9. The van der Waals surface area contributed by atoms with Crippen LogP contribution in [0, 0.1) is 0 Å². The molecule has 3 heterocycles. The third-order valence-corrected chi connectivity index (χ3v) is 20.1. The monoisotopic (exact) mass is 1340 g/mol. The molecule has 0 aliphatic carbocycles. The van der Waals surface area contributed by atoms with E-state index in [1.165, 1.54) is 44.9 Å². The molecule has 0 radical (unpaired) electrons. The lowest BCUT2D eigenvalue weighted by Crippen LogP contribution is -1.84. The van der Waals surface area contributed by atoms with Crippen LogP contribution >= 0.6 is 34.0 Å². The van der Waals surface area contributed by atoms with Gasteiger partial charge in [0.2, 0.25) is 0 Å². The number of rotatable bonds is 24. The molecule has 0 fully saturated rings. The maximum Gasteiger partial charge on any atom is 0.119 e. The Hall–Kier alpha value is -11.5. The summed E-state index contributed by atoms with van der Waals surface area (Å²) in [4.78, 5) is 3.50. The van der Waals surface area contributed by atoms with Gasteiger partial charge in [0.1, 0.15) is 34.5 Å². The van der Waals surface area contributed by atoms with Crippen molar-refractivity contribution in [3.05, 3.63) is 316 Å². The second-order valence-electron chi connectivity index (χ2n) is 23.6. The molecule has 0 amide bonds. The average Bonchev–Trinajstić information content (AvgIpc) is 1.58. The van der Waals surface area contributed by atoms with Gasteiger partial charge in [-0.15, -0.1) is 34.0 Å². The van der Waals surface area contributed by atoms with Gasteiger partial charge >= 0.3 is 0 Å². The summed E-state index contributed by atoms with van der Waals surface area (Å²) >= 11 is 5.53. The lowest BCUT2D eigenvalue weighted by Gasteiger charge is -2.04. The van der Waals surface area contributed by atoms with Gasteiger partial charge in [-0.25, -0.2) is 0 Å². The minimum atomic E-state index is 0.819. The molecule has 0 bridgehead atoms. The first-order chi connectivity index (χ1) is 48.6. The third-order valence-electron chi connectivity index (χ3n) is 16.7. The first-order valence-corrected chi connectivity index (χ1v) is 34.9. The van der Waals surface area contributed by atoms with Crippen molar-refractivity contribution in [1.82, 2.24) is 0 Å². The van der Waals surface area contributed by atoms with Crippen LogP contribution in [0.3, 0.4) is 0 Å². The summed E-state index contributed by atoms with van der Waals surface area (Å²) in [6.07, 6.45) is 39.4. The summed E-state index contributed by atoms with van der Waals surface area (Å²) in [5.74, 6) is 4.91. The zero-order valence-corrected chi connectivity index (χ0v) is 58.3. The summed E-state index contributed by atoms with van der Waals surface area (Å²) in [5, 5.41) is 3.74. The highest BCUT2D eigenvalue weighted by molar-refractivity contribution is 7.27. The van der Waals surface area contributed by atoms with Crippen LogP contribution in [0.25, 0.3) is 140 Å². The molecule has 486 valence electrons. The van der Waals surface area contributed by atoms with E-state index in [1.54, 1.807) is 42.7 Å². The molecule has 3 aromatic heterocycles. The highest BCUT2D eigenvalue weighted by Crippen LogP contribution is 2.47. The number of ether oxygens (including phenoxy) is 6. The largest absolute Gasteiger partial charge is 0.497 e. The minimum absolute atomic E-state index is 0.819. The maximum atomic E-state index is 5.56. The Morgan fingerprint density at radius 2 is 0.343 bits per heavy atom. The quantitative estimate of drug-likeness (QED) is 0.0562. The first-order valence-electron chi connectivity index (χ1n) is 32.5. The minimum Gasteiger partial charge on any atom is -0.497 e. The van der Waals surface area contributed by atoms with Crippen molar-refractivity contribution >= 4 is 174 Å². The maximum absolute atomic E-state index is 5.56. The molecule has 0 saturated heterocycles. The molecule has 0 aliphatic rings. The molecular weight excluding hydrogens is 1270 g/mol. The Bertz CT molecular complexity index is 4510. The number of methoxy groups -OCH3 is 6. The topological polar surface area (TPSA) is 55.4 Å². The van der Waals surface area contributed by atoms with E-state index in [1.807, 2.05) is 143 Å². The van der Waals surface area contributed by atoms with Crippen molar-refractivity contribution in [3.8, 4) is 34.5 Å². The molecule has 13 aromatic rings. The Morgan fingerprint density at radius 1 is 0.182 bits per heavy atom. The molecule has 10 aromatic carbocycles. The molecule has 0 saturated carbocycles. The predicted molar refractivity (Wildman–Crippen MR) is 430 cm³/mol. The molecule has 0 spiro atoms. The van der Waals surface area contributed by atoms with Crippen LogP contribution in [-0.4, -0.2) is 42.7 Å². The highest BCUT2D eigenvalue weighted by atomic mass is 32.1. The van der Waals surface area contributed by atoms with Crippen LogP contribution < -0.4 is 28.4 Å². The fourth-order valence-electron chi connectivity index (χ4n) is 11.7. The van der Waals surface area contributed by atoms with E-state index in [9.17, 15) is 0 Å². The van der Waals surface area contributed by atoms with E-state index in [4.69, 9.17) is 28.4 Å². The van der Waals surface area contributed by atoms with Gasteiger partial charge < -0.3 is 28.4 Å². The van der Waals surface area contributed by atoms with Crippen LogP contribution in [0.5, 0.6) is 34.5 Å². The van der Waals surface area contributed by atoms with E-state index >= 15 is 0 Å². The summed E-state index contributed by atoms with van der Waals surface area (Å²) in [5.41, 5.74) is 16.1. The Kier molecular flexibility index (Phi) is 21.1. The normalized spacial score (nSPS) is 12.2. The fraction of sp³-hybridized carbons (Fsp3) is 0.0667. The van der Waals surface area contributed by atoms with E-state index in [0.29, 0.717) is 0 Å². The van der Waals surface area contributed by atoms with Crippen molar-refractivity contribution in [2.24, 2.45) is 0 Å². The molecule has 0 aliphatic heterocycles. The zero-order valence-electron chi connectivity index (χ0n) is 55.9. The van der Waals surface area contributed by atoms with Crippen molar-refractivity contribution in [1.29, 1.82) is 0 Å². The van der Waals surface area contributed by atoms with Gasteiger partial charge in [0, 0.05) is 44.9 Å². The number of thiophene rings is 3. The standard InChI is InChI=1S/C90H72O6S3/c1-91-76-19-7-13-61(52-76)25-31-67-43-68(32-26-62-14-8-20-77(53-62)92-2)47-73(46-67)37-40-82-58-85-88(97-82)86-59-83(41-38-74-48-69(33-27-63-15-9-21-78(54-63)93-3)44-70(49-74)34-28-64-16-10-22-79(55-64)94-4)99-90(86)87-60-84(98-89(85)87)42-39-75-50-71(35-29-65-17-11-23-80(56-65)95-5)45-72(51-75)36-30-66-18-12-24-81(57-66)96-6/h7-60H,1-6H3/b31-25+,32-26+,33-27+,34-28+,35-29+,36-30+,40-37+,41-38+,42-39+. The molecule has 9 heteroatoms. The van der Waals surface area contributed by atoms with E-state index in [-0.39, 0.29) is 0 Å². The molecule has 0 N–H and O–H groups in total. The Balaban J connectivity index is 0.899. The summed E-state index contributed by atoms with van der Waals surface area (Å²) < 4.78 is 37.1. The number of fused-ring (bicyclic) bond motifs is 6. The molecule has 13 rings (SSSR count). The van der Waals surface area contributed by atoms with Crippen LogP contribution in [0.15, 0.2) is 218 Å². The third kappa shape index (κ3) is 17.2. The van der Waals surface area contributed by atoms with Gasteiger partial charge in [-0.05, 0) is 247 Å². The predicted octanol–water partition coefficient (Wildman–Crippen LogP) is 24.9. The molecule has 0 atom stereocenters. The van der Waals surface area contributed by atoms with Gasteiger partial charge in [-0.2, -0.15) is 0 Å². The summed E-state index contributed by atoms with van der Waals surface area (Å²) in [7, 11) is 10.2. The van der Waals surface area contributed by atoms with Crippen molar-refractivity contribution < 1.29 is 28.4 Å².